The van der Waals surface area contributed by atoms with Crippen LogP contribution in [0.2, 0.25) is 0 Å². The Morgan fingerprint density at radius 2 is 1.50 bits per heavy atom. The Morgan fingerprint density at radius 1 is 0.867 bits per heavy atom. The van der Waals surface area contributed by atoms with Gasteiger partial charge in [0.2, 0.25) is 0 Å². The Bertz CT molecular complexity index is 1050. The van der Waals surface area contributed by atoms with Gasteiger partial charge in [0, 0.05) is 23.6 Å². The van der Waals surface area contributed by atoms with E-state index in [1.54, 1.807) is 6.07 Å². The zero-order valence-electron chi connectivity index (χ0n) is 14.8. The van der Waals surface area contributed by atoms with Crippen LogP contribution in [0, 0.1) is 0 Å². The maximum absolute atomic E-state index is 13.1. The minimum atomic E-state index is -4.88. The monoisotopic (exact) mass is 427 g/mol. The van der Waals surface area contributed by atoms with Crippen molar-refractivity contribution >= 4 is 11.6 Å². The molecular weight excluding hydrogens is 416 g/mol. The molecule has 3 aromatic rings. The fourth-order valence-electron chi connectivity index (χ4n) is 2.57. The number of hydrogen-bond acceptors (Lipinski definition) is 4. The summed E-state index contributed by atoms with van der Waals surface area (Å²) in [5, 5.41) is 2.34. The molecular formula is C19H11F6N3O2. The molecule has 0 radical (unpaired) electrons. The van der Waals surface area contributed by atoms with Crippen LogP contribution in [0.3, 0.4) is 0 Å². The van der Waals surface area contributed by atoms with Crippen molar-refractivity contribution in [1.29, 1.82) is 0 Å². The molecule has 1 aromatic heterocycles. The van der Waals surface area contributed by atoms with Crippen molar-refractivity contribution < 1.29 is 35.9 Å². The van der Waals surface area contributed by atoms with E-state index in [4.69, 9.17) is 0 Å². The third kappa shape index (κ3) is 5.04. The average Bonchev–Trinajstić information content (AvgIpc) is 2.67. The normalized spacial score (nSPS) is 11.8. The van der Waals surface area contributed by atoms with Crippen LogP contribution in [0.5, 0.6) is 5.75 Å². The van der Waals surface area contributed by atoms with E-state index in [-0.39, 0.29) is 5.69 Å². The first-order valence-electron chi connectivity index (χ1n) is 8.19. The minimum absolute atomic E-state index is 0.130. The number of carbonyl (C=O) groups is 1. The Balaban J connectivity index is 1.89. The van der Waals surface area contributed by atoms with Gasteiger partial charge in [0.1, 0.15) is 5.75 Å². The van der Waals surface area contributed by atoms with Gasteiger partial charge in [-0.05, 0) is 23.8 Å². The number of hydrogen-bond donors (Lipinski definition) is 1. The maximum atomic E-state index is 13.1. The lowest BCUT2D eigenvalue weighted by Crippen LogP contribution is -2.22. The van der Waals surface area contributed by atoms with Crippen LogP contribution in [0.15, 0.2) is 60.9 Å². The van der Waals surface area contributed by atoms with E-state index in [9.17, 15) is 31.1 Å². The molecule has 0 aliphatic carbocycles. The number of nitrogens with one attached hydrogen (secondary N) is 1. The van der Waals surface area contributed by atoms with Crippen LogP contribution in [-0.4, -0.2) is 22.2 Å². The second-order valence-electron chi connectivity index (χ2n) is 5.82. The molecule has 1 heterocycles. The second kappa shape index (κ2) is 8.01. The van der Waals surface area contributed by atoms with Crippen LogP contribution >= 0.6 is 0 Å². The number of aromatic nitrogens is 2. The molecule has 3 rings (SSSR count). The molecule has 0 saturated heterocycles. The van der Waals surface area contributed by atoms with E-state index in [0.717, 1.165) is 24.5 Å². The van der Waals surface area contributed by atoms with Gasteiger partial charge in [-0.2, -0.15) is 13.2 Å². The molecule has 30 heavy (non-hydrogen) atoms. The van der Waals surface area contributed by atoms with Crippen molar-refractivity contribution in [3.63, 3.8) is 0 Å². The number of rotatable bonds is 4. The topological polar surface area (TPSA) is 64.1 Å². The zero-order valence-corrected chi connectivity index (χ0v) is 14.8. The minimum Gasteiger partial charge on any atom is -0.406 e. The Morgan fingerprint density at radius 3 is 2.13 bits per heavy atom. The first-order chi connectivity index (χ1) is 14.0. The van der Waals surface area contributed by atoms with E-state index in [0.29, 0.717) is 11.1 Å². The molecule has 1 N–H and O–H groups in total. The van der Waals surface area contributed by atoms with Gasteiger partial charge >= 0.3 is 12.5 Å². The van der Waals surface area contributed by atoms with Gasteiger partial charge in [-0.3, -0.25) is 4.79 Å². The summed E-state index contributed by atoms with van der Waals surface area (Å²) < 4.78 is 79.9. The fraction of sp³-hybridized carbons (Fsp3) is 0.105. The van der Waals surface area contributed by atoms with Crippen LogP contribution in [0.1, 0.15) is 16.2 Å². The number of para-hydroxylation sites is 1. The molecule has 0 saturated carbocycles. The number of ether oxygens (including phenoxy) is 1. The van der Waals surface area contributed by atoms with Crippen molar-refractivity contribution in [2.24, 2.45) is 0 Å². The molecule has 1 amide bonds. The standard InChI is InChI=1S/C19H11F6N3O2/c20-18(21,22)16-15(26-9-10-27-16)17(29)28-14-4-2-1-3-13(14)11-5-7-12(8-6-11)30-19(23,24)25/h1-10H,(H,28,29). The highest BCUT2D eigenvalue weighted by atomic mass is 19.4. The van der Waals surface area contributed by atoms with Gasteiger partial charge in [0.05, 0.1) is 0 Å². The summed E-state index contributed by atoms with van der Waals surface area (Å²) in [6.07, 6.45) is -7.96. The number of halogens is 6. The molecule has 0 aliphatic rings. The molecule has 5 nitrogen and oxygen atoms in total. The molecule has 2 aromatic carbocycles. The van der Waals surface area contributed by atoms with Gasteiger partial charge in [-0.25, -0.2) is 9.97 Å². The summed E-state index contributed by atoms with van der Waals surface area (Å²) in [7, 11) is 0. The molecule has 156 valence electrons. The first kappa shape index (κ1) is 21.1. The van der Waals surface area contributed by atoms with Crippen molar-refractivity contribution in [3.8, 4) is 16.9 Å². The number of alkyl halides is 6. The Labute approximate surface area is 165 Å². The average molecular weight is 427 g/mol. The van der Waals surface area contributed by atoms with Crippen molar-refractivity contribution in [2.75, 3.05) is 5.32 Å². The lowest BCUT2D eigenvalue weighted by molar-refractivity contribution is -0.274. The van der Waals surface area contributed by atoms with Crippen LogP contribution < -0.4 is 10.1 Å². The maximum Gasteiger partial charge on any atom is 0.573 e. The highest BCUT2D eigenvalue weighted by Crippen LogP contribution is 2.32. The summed E-state index contributed by atoms with van der Waals surface area (Å²) >= 11 is 0. The summed E-state index contributed by atoms with van der Waals surface area (Å²) in [6.45, 7) is 0. The smallest absolute Gasteiger partial charge is 0.406 e. The fourth-order valence-corrected chi connectivity index (χ4v) is 2.57. The highest BCUT2D eigenvalue weighted by Gasteiger charge is 2.38. The van der Waals surface area contributed by atoms with Crippen LogP contribution in [0.4, 0.5) is 32.0 Å². The first-order valence-corrected chi connectivity index (χ1v) is 8.19. The van der Waals surface area contributed by atoms with E-state index < -0.39 is 35.6 Å². The highest BCUT2D eigenvalue weighted by molar-refractivity contribution is 6.05. The predicted octanol–water partition coefficient (Wildman–Crippen LogP) is 5.31. The molecule has 11 heteroatoms. The zero-order chi connectivity index (χ0) is 21.9. The van der Waals surface area contributed by atoms with Gasteiger partial charge in [0.25, 0.3) is 5.91 Å². The van der Waals surface area contributed by atoms with E-state index >= 15 is 0 Å². The second-order valence-corrected chi connectivity index (χ2v) is 5.82. The Hall–Kier alpha value is -3.63. The lowest BCUT2D eigenvalue weighted by atomic mass is 10.0. The van der Waals surface area contributed by atoms with Crippen molar-refractivity contribution in [3.05, 3.63) is 72.3 Å². The molecule has 0 atom stereocenters. The third-order valence-electron chi connectivity index (χ3n) is 3.76. The summed E-state index contributed by atoms with van der Waals surface area (Å²) in [5.74, 6) is -1.58. The molecule has 0 aliphatic heterocycles. The third-order valence-corrected chi connectivity index (χ3v) is 3.76. The predicted molar refractivity (Wildman–Crippen MR) is 93.5 cm³/mol. The molecule has 0 fully saturated rings. The van der Waals surface area contributed by atoms with Gasteiger partial charge in [-0.15, -0.1) is 13.2 Å². The number of amides is 1. The molecule has 0 unspecified atom stereocenters. The van der Waals surface area contributed by atoms with Gasteiger partial charge < -0.3 is 10.1 Å². The van der Waals surface area contributed by atoms with E-state index in [1.807, 2.05) is 0 Å². The summed E-state index contributed by atoms with van der Waals surface area (Å²) in [6, 6.07) is 10.9. The van der Waals surface area contributed by atoms with E-state index in [2.05, 4.69) is 20.0 Å². The lowest BCUT2D eigenvalue weighted by Gasteiger charge is -2.14. The number of nitrogens with zero attached hydrogens (tertiary/aromatic N) is 2. The summed E-state index contributed by atoms with van der Waals surface area (Å²) in [4.78, 5) is 19.1. The summed E-state index contributed by atoms with van der Waals surface area (Å²) in [5.41, 5.74) is -1.45. The van der Waals surface area contributed by atoms with Gasteiger partial charge in [-0.1, -0.05) is 30.3 Å². The molecule has 0 bridgehead atoms. The van der Waals surface area contributed by atoms with Crippen LogP contribution in [0.25, 0.3) is 11.1 Å². The Kier molecular flexibility index (Phi) is 5.63. The quantitative estimate of drug-likeness (QED) is 0.573. The number of benzene rings is 2. The van der Waals surface area contributed by atoms with Crippen LogP contribution in [-0.2, 0) is 6.18 Å². The SMILES string of the molecule is O=C(Nc1ccccc1-c1ccc(OC(F)(F)F)cc1)c1nccnc1C(F)(F)F. The van der Waals surface area contributed by atoms with E-state index in [1.165, 1.54) is 30.3 Å². The number of carbonyl (C=O) groups excluding carboxylic acids is 1. The molecule has 0 spiro atoms. The largest absolute Gasteiger partial charge is 0.573 e. The van der Waals surface area contributed by atoms with Crippen molar-refractivity contribution in [2.45, 2.75) is 12.5 Å². The van der Waals surface area contributed by atoms with Crippen molar-refractivity contribution in [1.82, 2.24) is 9.97 Å². The number of anilines is 1. The van der Waals surface area contributed by atoms with Gasteiger partial charge in [0.15, 0.2) is 11.4 Å².